The van der Waals surface area contributed by atoms with E-state index in [9.17, 15) is 4.79 Å². The number of furan rings is 1. The number of rotatable bonds is 3. The van der Waals surface area contributed by atoms with Crippen molar-refractivity contribution in [2.24, 2.45) is 0 Å². The van der Waals surface area contributed by atoms with Gasteiger partial charge in [0.05, 0.1) is 10.2 Å². The molecule has 0 bridgehead atoms. The summed E-state index contributed by atoms with van der Waals surface area (Å²) >= 11 is 1.68. The molecule has 22 heavy (non-hydrogen) atoms. The highest BCUT2D eigenvalue weighted by atomic mass is 32.1. The number of thiazole rings is 1. The second-order valence-corrected chi connectivity index (χ2v) is 5.91. The van der Waals surface area contributed by atoms with Gasteiger partial charge in [-0.05, 0) is 24.3 Å². The molecule has 4 heteroatoms. The van der Waals surface area contributed by atoms with Gasteiger partial charge in [0.2, 0.25) is 0 Å². The lowest BCUT2D eigenvalue weighted by molar-refractivity contribution is 0.110. The predicted molar refractivity (Wildman–Crippen MR) is 88.1 cm³/mol. The first kappa shape index (κ1) is 13.0. The highest BCUT2D eigenvalue weighted by molar-refractivity contribution is 7.21. The van der Waals surface area contributed by atoms with Crippen molar-refractivity contribution in [3.05, 3.63) is 66.4 Å². The van der Waals surface area contributed by atoms with Gasteiger partial charge in [0.1, 0.15) is 10.8 Å². The second kappa shape index (κ2) is 5.24. The molecule has 4 aromatic rings. The van der Waals surface area contributed by atoms with Crippen molar-refractivity contribution in [3.63, 3.8) is 0 Å². The fraction of sp³-hybridized carbons (Fsp3) is 0. The number of hydrogen-bond donors (Lipinski definition) is 0. The Hall–Kier alpha value is -2.72. The Labute approximate surface area is 130 Å². The Kier molecular flexibility index (Phi) is 3.09. The number of benzene rings is 2. The molecule has 106 valence electrons. The Morgan fingerprint density at radius 2 is 1.68 bits per heavy atom. The van der Waals surface area contributed by atoms with E-state index in [1.54, 1.807) is 23.5 Å². The summed E-state index contributed by atoms with van der Waals surface area (Å²) in [7, 11) is 0. The molecule has 0 unspecified atom stereocenters. The van der Waals surface area contributed by atoms with E-state index in [0.717, 1.165) is 21.7 Å². The van der Waals surface area contributed by atoms with Crippen molar-refractivity contribution in [2.75, 3.05) is 0 Å². The van der Waals surface area contributed by atoms with Gasteiger partial charge in [-0.3, -0.25) is 4.79 Å². The first-order chi connectivity index (χ1) is 10.8. The maximum atomic E-state index is 10.7. The first-order valence-corrected chi connectivity index (χ1v) is 7.66. The summed E-state index contributed by atoms with van der Waals surface area (Å²) in [6.07, 6.45) is 0.707. The van der Waals surface area contributed by atoms with Crippen molar-refractivity contribution >= 4 is 27.8 Å². The molecule has 2 heterocycles. The zero-order valence-corrected chi connectivity index (χ0v) is 12.3. The molecule has 0 amide bonds. The van der Waals surface area contributed by atoms with Gasteiger partial charge in [-0.1, -0.05) is 36.4 Å². The van der Waals surface area contributed by atoms with Crippen LogP contribution in [0.1, 0.15) is 10.6 Å². The largest absolute Gasteiger partial charge is 0.453 e. The van der Waals surface area contributed by atoms with Crippen LogP contribution in [-0.2, 0) is 0 Å². The van der Waals surface area contributed by atoms with Crippen molar-refractivity contribution in [1.82, 2.24) is 4.98 Å². The van der Waals surface area contributed by atoms with Crippen LogP contribution in [0.5, 0.6) is 0 Å². The fourth-order valence-corrected chi connectivity index (χ4v) is 3.32. The second-order valence-electron chi connectivity index (χ2n) is 4.88. The molecule has 0 radical (unpaired) electrons. The highest BCUT2D eigenvalue weighted by Crippen LogP contribution is 2.31. The number of hydrogen-bond acceptors (Lipinski definition) is 4. The molecule has 2 aromatic carbocycles. The number of fused-ring (bicyclic) bond motifs is 1. The van der Waals surface area contributed by atoms with Gasteiger partial charge in [0, 0.05) is 11.1 Å². The Morgan fingerprint density at radius 1 is 0.909 bits per heavy atom. The van der Waals surface area contributed by atoms with E-state index in [1.165, 1.54) is 4.70 Å². The molecule has 0 aliphatic carbocycles. The van der Waals surface area contributed by atoms with E-state index in [-0.39, 0.29) is 0 Å². The van der Waals surface area contributed by atoms with Crippen LogP contribution in [0.2, 0.25) is 0 Å². The van der Waals surface area contributed by atoms with Crippen molar-refractivity contribution in [1.29, 1.82) is 0 Å². The van der Waals surface area contributed by atoms with Crippen LogP contribution in [0.3, 0.4) is 0 Å². The highest BCUT2D eigenvalue weighted by Gasteiger charge is 2.08. The minimum absolute atomic E-state index is 0.338. The van der Waals surface area contributed by atoms with Crippen LogP contribution in [0.15, 0.2) is 65.1 Å². The van der Waals surface area contributed by atoms with Crippen LogP contribution < -0.4 is 0 Å². The Balaban J connectivity index is 1.70. The molecule has 0 atom stereocenters. The molecule has 0 saturated carbocycles. The number of aromatic nitrogens is 1. The molecular formula is C18H11NO2S. The van der Waals surface area contributed by atoms with E-state index in [0.29, 0.717) is 17.8 Å². The number of para-hydroxylation sites is 1. The lowest BCUT2D eigenvalue weighted by atomic mass is 10.1. The van der Waals surface area contributed by atoms with Crippen LogP contribution in [0.25, 0.3) is 32.1 Å². The monoisotopic (exact) mass is 305 g/mol. The zero-order valence-electron chi connectivity index (χ0n) is 11.5. The summed E-state index contributed by atoms with van der Waals surface area (Å²) < 4.78 is 6.61. The smallest absolute Gasteiger partial charge is 0.185 e. The molecule has 2 aromatic heterocycles. The normalized spacial score (nSPS) is 10.9. The zero-order chi connectivity index (χ0) is 14.9. The standard InChI is InChI=1S/C18H11NO2S/c20-11-14-9-10-16(21-14)12-5-7-13(8-6-12)18-19-15-3-1-2-4-17(15)22-18/h1-11H. The van der Waals surface area contributed by atoms with Gasteiger partial charge in [0.25, 0.3) is 0 Å². The van der Waals surface area contributed by atoms with Gasteiger partial charge < -0.3 is 4.42 Å². The van der Waals surface area contributed by atoms with Crippen LogP contribution in [0, 0.1) is 0 Å². The van der Waals surface area contributed by atoms with Gasteiger partial charge in [0.15, 0.2) is 12.0 Å². The van der Waals surface area contributed by atoms with Crippen molar-refractivity contribution in [2.45, 2.75) is 0 Å². The van der Waals surface area contributed by atoms with Crippen molar-refractivity contribution < 1.29 is 9.21 Å². The maximum Gasteiger partial charge on any atom is 0.185 e. The fourth-order valence-electron chi connectivity index (χ4n) is 2.34. The number of carbonyl (C=O) groups excluding carboxylic acids is 1. The van der Waals surface area contributed by atoms with Crippen LogP contribution >= 0.6 is 11.3 Å². The maximum absolute atomic E-state index is 10.7. The molecule has 0 N–H and O–H groups in total. The van der Waals surface area contributed by atoms with Crippen LogP contribution in [0.4, 0.5) is 0 Å². The lowest BCUT2D eigenvalue weighted by Crippen LogP contribution is -1.78. The van der Waals surface area contributed by atoms with E-state index in [4.69, 9.17) is 4.42 Å². The minimum Gasteiger partial charge on any atom is -0.453 e. The van der Waals surface area contributed by atoms with Gasteiger partial charge >= 0.3 is 0 Å². The van der Waals surface area contributed by atoms with Crippen LogP contribution in [-0.4, -0.2) is 11.3 Å². The summed E-state index contributed by atoms with van der Waals surface area (Å²) in [5.41, 5.74) is 3.04. The molecule has 0 aliphatic heterocycles. The molecular weight excluding hydrogens is 294 g/mol. The molecule has 0 fully saturated rings. The predicted octanol–water partition coefficient (Wildman–Crippen LogP) is 5.04. The Morgan fingerprint density at radius 3 is 2.41 bits per heavy atom. The summed E-state index contributed by atoms with van der Waals surface area (Å²) in [5, 5.41) is 1.00. The average molecular weight is 305 g/mol. The molecule has 0 saturated heterocycles. The number of nitrogens with zero attached hydrogens (tertiary/aromatic N) is 1. The summed E-state index contributed by atoms with van der Waals surface area (Å²) in [4.78, 5) is 15.3. The van der Waals surface area contributed by atoms with E-state index < -0.39 is 0 Å². The molecule has 0 spiro atoms. The number of carbonyl (C=O) groups is 1. The summed E-state index contributed by atoms with van der Waals surface area (Å²) in [6, 6.07) is 19.6. The van der Waals surface area contributed by atoms with Gasteiger partial charge in [-0.15, -0.1) is 11.3 Å². The van der Waals surface area contributed by atoms with E-state index >= 15 is 0 Å². The number of aldehydes is 1. The molecule has 3 nitrogen and oxygen atoms in total. The SMILES string of the molecule is O=Cc1ccc(-c2ccc(-c3nc4ccccc4s3)cc2)o1. The van der Waals surface area contributed by atoms with Crippen molar-refractivity contribution in [3.8, 4) is 21.9 Å². The molecule has 0 aliphatic rings. The third-order valence-electron chi connectivity index (χ3n) is 3.45. The average Bonchev–Trinajstić information content (AvgIpc) is 3.21. The Bertz CT molecular complexity index is 918. The molecule has 4 rings (SSSR count). The quantitative estimate of drug-likeness (QED) is 0.498. The third kappa shape index (κ3) is 2.23. The van der Waals surface area contributed by atoms with Gasteiger partial charge in [-0.2, -0.15) is 0 Å². The van der Waals surface area contributed by atoms with E-state index in [2.05, 4.69) is 11.1 Å². The summed E-state index contributed by atoms with van der Waals surface area (Å²) in [5.74, 6) is 1.03. The lowest BCUT2D eigenvalue weighted by Gasteiger charge is -1.99. The third-order valence-corrected chi connectivity index (χ3v) is 4.54. The summed E-state index contributed by atoms with van der Waals surface area (Å²) in [6.45, 7) is 0. The first-order valence-electron chi connectivity index (χ1n) is 6.85. The minimum atomic E-state index is 0.338. The van der Waals surface area contributed by atoms with Gasteiger partial charge in [-0.25, -0.2) is 4.98 Å². The van der Waals surface area contributed by atoms with E-state index in [1.807, 2.05) is 42.5 Å². The topological polar surface area (TPSA) is 43.1 Å².